The number of carbonyl (C=O) groups is 1. The van der Waals surface area contributed by atoms with Gasteiger partial charge in [0.05, 0.1) is 22.5 Å². The number of nitrogens with one attached hydrogen (secondary N) is 1. The Morgan fingerprint density at radius 2 is 2.42 bits per heavy atom. The molecule has 0 aromatic carbocycles. The minimum atomic E-state index is -0.112. The summed E-state index contributed by atoms with van der Waals surface area (Å²) >= 11 is 2.79. The van der Waals surface area contributed by atoms with E-state index in [9.17, 15) is 4.79 Å². The Morgan fingerprint density at radius 1 is 1.58 bits per heavy atom. The third-order valence-electron chi connectivity index (χ3n) is 2.37. The lowest BCUT2D eigenvalue weighted by atomic mass is 10.2. The number of thiophene rings is 1. The van der Waals surface area contributed by atoms with Crippen LogP contribution in [0.5, 0.6) is 0 Å². The summed E-state index contributed by atoms with van der Waals surface area (Å²) in [5.74, 6) is 5.53. The molecule has 98 valence electrons. The molecule has 0 saturated heterocycles. The van der Waals surface area contributed by atoms with E-state index in [-0.39, 0.29) is 5.91 Å². The number of aryl methyl sites for hydroxylation is 1. The van der Waals surface area contributed by atoms with Crippen molar-refractivity contribution in [2.75, 3.05) is 11.9 Å². The number of rotatable bonds is 3. The summed E-state index contributed by atoms with van der Waals surface area (Å²) in [6.45, 7) is 2.34. The summed E-state index contributed by atoms with van der Waals surface area (Å²) in [6.07, 6.45) is 2.48. The number of aromatic nitrogens is 1. The van der Waals surface area contributed by atoms with Crippen LogP contribution in [0.25, 0.3) is 0 Å². The molecule has 19 heavy (non-hydrogen) atoms. The van der Waals surface area contributed by atoms with Crippen molar-refractivity contribution in [3.63, 3.8) is 0 Å². The highest BCUT2D eigenvalue weighted by molar-refractivity contribution is 7.16. The summed E-state index contributed by atoms with van der Waals surface area (Å²) in [5.41, 5.74) is 6.36. The van der Waals surface area contributed by atoms with Gasteiger partial charge in [-0.2, -0.15) is 0 Å². The second-order valence-electron chi connectivity index (χ2n) is 3.62. The summed E-state index contributed by atoms with van der Waals surface area (Å²) < 4.78 is 0. The van der Waals surface area contributed by atoms with Crippen LogP contribution >= 0.6 is 22.7 Å². The van der Waals surface area contributed by atoms with Crippen molar-refractivity contribution >= 4 is 33.7 Å². The third kappa shape index (κ3) is 3.41. The molecule has 0 atom stereocenters. The fourth-order valence-electron chi connectivity index (χ4n) is 1.50. The van der Waals surface area contributed by atoms with E-state index in [0.29, 0.717) is 11.7 Å². The first-order valence-electron chi connectivity index (χ1n) is 5.77. The Bertz CT molecular complexity index is 634. The molecule has 4 nitrogen and oxygen atoms in total. The van der Waals surface area contributed by atoms with E-state index < -0.39 is 0 Å². The summed E-state index contributed by atoms with van der Waals surface area (Å²) in [4.78, 5) is 17.7. The molecule has 0 radical (unpaired) electrons. The number of hydrogen-bond acceptors (Lipinski definition) is 5. The SMILES string of the molecule is CCc1ccsc1C(=O)Nc1ncc(C#CCN)s1. The van der Waals surface area contributed by atoms with Crippen LogP contribution in [0.4, 0.5) is 5.13 Å². The predicted molar refractivity (Wildman–Crippen MR) is 79.7 cm³/mol. The molecule has 0 aliphatic heterocycles. The molecule has 2 aromatic heterocycles. The lowest BCUT2D eigenvalue weighted by Crippen LogP contribution is -2.11. The van der Waals surface area contributed by atoms with Crippen LogP contribution in [0.1, 0.15) is 27.0 Å². The molecule has 0 saturated carbocycles. The predicted octanol–water partition coefficient (Wildman–Crippen LogP) is 2.33. The molecule has 2 aromatic rings. The molecule has 0 bridgehead atoms. The van der Waals surface area contributed by atoms with E-state index in [4.69, 9.17) is 5.73 Å². The number of nitrogens with zero attached hydrogens (tertiary/aromatic N) is 1. The van der Waals surface area contributed by atoms with E-state index in [2.05, 4.69) is 22.1 Å². The van der Waals surface area contributed by atoms with Crippen LogP contribution < -0.4 is 11.1 Å². The first kappa shape index (κ1) is 13.7. The average molecular weight is 291 g/mol. The molecule has 1 amide bonds. The molecule has 0 fully saturated rings. The number of thiazole rings is 1. The van der Waals surface area contributed by atoms with Crippen molar-refractivity contribution in [2.45, 2.75) is 13.3 Å². The van der Waals surface area contributed by atoms with Crippen LogP contribution in [0, 0.1) is 11.8 Å². The maximum Gasteiger partial charge on any atom is 0.267 e. The fourth-order valence-corrected chi connectivity index (χ4v) is 3.07. The molecule has 0 spiro atoms. The van der Waals surface area contributed by atoms with Gasteiger partial charge in [-0.25, -0.2) is 4.98 Å². The Hall–Kier alpha value is -1.68. The van der Waals surface area contributed by atoms with Crippen molar-refractivity contribution in [1.29, 1.82) is 0 Å². The van der Waals surface area contributed by atoms with Crippen molar-refractivity contribution in [3.8, 4) is 11.8 Å². The largest absolute Gasteiger partial charge is 0.320 e. The maximum absolute atomic E-state index is 12.1. The van der Waals surface area contributed by atoms with Gasteiger partial charge in [0.15, 0.2) is 5.13 Å². The second kappa shape index (κ2) is 6.48. The topological polar surface area (TPSA) is 68.0 Å². The van der Waals surface area contributed by atoms with Gasteiger partial charge in [0.25, 0.3) is 5.91 Å². The Labute approximate surface area is 119 Å². The van der Waals surface area contributed by atoms with Gasteiger partial charge in [-0.05, 0) is 23.4 Å². The number of amides is 1. The van der Waals surface area contributed by atoms with E-state index in [0.717, 1.165) is 21.7 Å². The lowest BCUT2D eigenvalue weighted by Gasteiger charge is -2.01. The molecule has 0 unspecified atom stereocenters. The number of nitrogens with two attached hydrogens (primary N) is 1. The quantitative estimate of drug-likeness (QED) is 0.853. The van der Waals surface area contributed by atoms with Crippen LogP contribution in [-0.2, 0) is 6.42 Å². The molecule has 6 heteroatoms. The molecule has 2 heterocycles. The summed E-state index contributed by atoms with van der Waals surface area (Å²) in [6, 6.07) is 1.97. The van der Waals surface area contributed by atoms with Crippen LogP contribution in [-0.4, -0.2) is 17.4 Å². The van der Waals surface area contributed by atoms with Gasteiger partial charge in [0.2, 0.25) is 0 Å². The molecule has 2 rings (SSSR count). The Balaban J connectivity index is 2.09. The van der Waals surface area contributed by atoms with Crippen LogP contribution in [0.2, 0.25) is 0 Å². The molecule has 0 aliphatic rings. The highest BCUT2D eigenvalue weighted by Gasteiger charge is 2.13. The zero-order valence-electron chi connectivity index (χ0n) is 10.4. The van der Waals surface area contributed by atoms with Crippen molar-refractivity contribution in [2.24, 2.45) is 5.73 Å². The van der Waals surface area contributed by atoms with Gasteiger partial charge in [0, 0.05) is 0 Å². The normalized spacial score (nSPS) is 9.79. The monoisotopic (exact) mass is 291 g/mol. The first-order valence-corrected chi connectivity index (χ1v) is 7.46. The molecular weight excluding hydrogens is 278 g/mol. The number of carbonyl (C=O) groups excluding carboxylic acids is 1. The molecule has 0 aliphatic carbocycles. The van der Waals surface area contributed by atoms with Gasteiger partial charge in [0.1, 0.15) is 0 Å². The lowest BCUT2D eigenvalue weighted by molar-refractivity contribution is 0.103. The number of anilines is 1. The summed E-state index contributed by atoms with van der Waals surface area (Å²) in [7, 11) is 0. The van der Waals surface area contributed by atoms with E-state index in [1.807, 2.05) is 18.4 Å². The minimum Gasteiger partial charge on any atom is -0.320 e. The smallest absolute Gasteiger partial charge is 0.267 e. The molecule has 3 N–H and O–H groups in total. The molecular formula is C13H13N3OS2. The highest BCUT2D eigenvalue weighted by Crippen LogP contribution is 2.21. The van der Waals surface area contributed by atoms with Gasteiger partial charge < -0.3 is 5.73 Å². The zero-order chi connectivity index (χ0) is 13.7. The Kier molecular flexibility index (Phi) is 4.68. The van der Waals surface area contributed by atoms with Gasteiger partial charge in [-0.1, -0.05) is 30.1 Å². The average Bonchev–Trinajstić information content (AvgIpc) is 3.04. The van der Waals surface area contributed by atoms with Crippen LogP contribution in [0.15, 0.2) is 17.6 Å². The van der Waals surface area contributed by atoms with Crippen molar-refractivity contribution in [1.82, 2.24) is 4.98 Å². The van der Waals surface area contributed by atoms with Crippen molar-refractivity contribution in [3.05, 3.63) is 33.0 Å². The second-order valence-corrected chi connectivity index (χ2v) is 5.56. The van der Waals surface area contributed by atoms with E-state index in [1.54, 1.807) is 6.20 Å². The van der Waals surface area contributed by atoms with Gasteiger partial charge in [-0.3, -0.25) is 10.1 Å². The van der Waals surface area contributed by atoms with Gasteiger partial charge >= 0.3 is 0 Å². The van der Waals surface area contributed by atoms with E-state index >= 15 is 0 Å². The standard InChI is InChI=1S/C13H13N3OS2/c1-2-9-5-7-18-11(9)12(17)16-13-15-8-10(19-13)4-3-6-14/h5,7-8H,2,6,14H2,1H3,(H,15,16,17). The fraction of sp³-hybridized carbons (Fsp3) is 0.231. The third-order valence-corrected chi connectivity index (χ3v) is 4.16. The maximum atomic E-state index is 12.1. The highest BCUT2D eigenvalue weighted by atomic mass is 32.1. The minimum absolute atomic E-state index is 0.112. The number of hydrogen-bond donors (Lipinski definition) is 2. The zero-order valence-corrected chi connectivity index (χ0v) is 12.0. The van der Waals surface area contributed by atoms with Gasteiger partial charge in [-0.15, -0.1) is 11.3 Å². The first-order chi connectivity index (χ1) is 9.24. The summed E-state index contributed by atoms with van der Waals surface area (Å²) in [5, 5.41) is 5.28. The Morgan fingerprint density at radius 3 is 3.16 bits per heavy atom. The van der Waals surface area contributed by atoms with Crippen LogP contribution in [0.3, 0.4) is 0 Å². The van der Waals surface area contributed by atoms with Crippen molar-refractivity contribution < 1.29 is 4.79 Å². The van der Waals surface area contributed by atoms with E-state index in [1.165, 1.54) is 22.7 Å².